The predicted octanol–water partition coefficient (Wildman–Crippen LogP) is 2.00. The highest BCUT2D eigenvalue weighted by atomic mass is 19.4. The average molecular weight is 220 g/mol. The lowest BCUT2D eigenvalue weighted by Gasteiger charge is -2.07. The van der Waals surface area contributed by atoms with Gasteiger partial charge in [-0.3, -0.25) is 0 Å². The number of benzene rings is 1. The first-order valence-electron chi connectivity index (χ1n) is 3.92. The van der Waals surface area contributed by atoms with E-state index in [4.69, 9.17) is 5.11 Å². The zero-order chi connectivity index (χ0) is 11.5. The molecule has 15 heavy (non-hydrogen) atoms. The van der Waals surface area contributed by atoms with Crippen LogP contribution in [0.5, 0.6) is 5.75 Å². The second kappa shape index (κ2) is 4.20. The quantitative estimate of drug-likeness (QED) is 0.775. The number of rotatable bonds is 2. The van der Waals surface area contributed by atoms with Gasteiger partial charge in [0.25, 0.3) is 0 Å². The van der Waals surface area contributed by atoms with Gasteiger partial charge in [-0.1, -0.05) is 18.2 Å². The van der Waals surface area contributed by atoms with Crippen molar-refractivity contribution in [2.45, 2.75) is 12.8 Å². The molecule has 0 spiro atoms. The summed E-state index contributed by atoms with van der Waals surface area (Å²) < 4.78 is 39.1. The van der Waals surface area contributed by atoms with Crippen LogP contribution in [-0.2, 0) is 16.1 Å². The van der Waals surface area contributed by atoms with Crippen LogP contribution in [0.4, 0.5) is 13.2 Å². The molecule has 0 saturated carbocycles. The topological polar surface area (TPSA) is 46.5 Å². The third-order valence-corrected chi connectivity index (χ3v) is 1.58. The molecule has 3 nitrogen and oxygen atoms in total. The van der Waals surface area contributed by atoms with Gasteiger partial charge in [0.1, 0.15) is 12.4 Å². The molecule has 0 aliphatic rings. The number of hydrogen-bond donors (Lipinski definition) is 1. The fourth-order valence-corrected chi connectivity index (χ4v) is 0.858. The molecule has 0 amide bonds. The van der Waals surface area contributed by atoms with Gasteiger partial charge in [0, 0.05) is 5.56 Å². The third kappa shape index (κ3) is 3.16. The molecule has 0 heterocycles. The van der Waals surface area contributed by atoms with E-state index in [1.807, 2.05) is 0 Å². The van der Waals surface area contributed by atoms with Crippen molar-refractivity contribution in [1.29, 1.82) is 0 Å². The molecule has 0 fully saturated rings. The van der Waals surface area contributed by atoms with Crippen molar-refractivity contribution in [3.63, 3.8) is 0 Å². The van der Waals surface area contributed by atoms with E-state index in [1.165, 1.54) is 24.3 Å². The summed E-state index contributed by atoms with van der Waals surface area (Å²) in [7, 11) is 0. The Labute approximate surface area is 83.1 Å². The Morgan fingerprint density at radius 1 is 1.33 bits per heavy atom. The van der Waals surface area contributed by atoms with E-state index < -0.39 is 18.8 Å². The molecule has 0 radical (unpaired) electrons. The van der Waals surface area contributed by atoms with Gasteiger partial charge in [0.2, 0.25) is 0 Å². The first-order chi connectivity index (χ1) is 6.91. The van der Waals surface area contributed by atoms with E-state index in [1.54, 1.807) is 0 Å². The van der Waals surface area contributed by atoms with E-state index >= 15 is 0 Å². The van der Waals surface area contributed by atoms with Crippen LogP contribution in [-0.4, -0.2) is 17.3 Å². The number of carbonyl (C=O) groups is 1. The van der Waals surface area contributed by atoms with Crippen molar-refractivity contribution < 1.29 is 27.8 Å². The lowest BCUT2D eigenvalue weighted by molar-refractivity contribution is -0.201. The van der Waals surface area contributed by atoms with Crippen LogP contribution in [0.25, 0.3) is 0 Å². The zero-order valence-electron chi connectivity index (χ0n) is 7.41. The summed E-state index contributed by atoms with van der Waals surface area (Å²) in [5.41, 5.74) is 0.120. The standard InChI is InChI=1S/C9H7F3O3/c10-9(11,12)8(14)15-5-6-3-1-2-4-7(6)13/h1-4,13H,5H2. The van der Waals surface area contributed by atoms with Gasteiger partial charge in [-0.15, -0.1) is 0 Å². The van der Waals surface area contributed by atoms with Gasteiger partial charge in [-0.2, -0.15) is 13.2 Å². The second-order valence-electron chi connectivity index (χ2n) is 2.70. The number of alkyl halides is 3. The van der Waals surface area contributed by atoms with Gasteiger partial charge in [0.15, 0.2) is 0 Å². The SMILES string of the molecule is O=C(OCc1ccccc1O)C(F)(F)F. The monoisotopic (exact) mass is 220 g/mol. The minimum Gasteiger partial charge on any atom is -0.508 e. The number of ether oxygens (including phenoxy) is 1. The number of phenolic OH excluding ortho intramolecular Hbond substituents is 1. The molecule has 1 aromatic rings. The Bertz CT molecular complexity index is 360. The van der Waals surface area contributed by atoms with Crippen molar-refractivity contribution in [2.24, 2.45) is 0 Å². The molecule has 6 heteroatoms. The minimum absolute atomic E-state index is 0.120. The van der Waals surface area contributed by atoms with E-state index in [2.05, 4.69) is 4.74 Å². The Hall–Kier alpha value is -1.72. The molecule has 0 bridgehead atoms. The third-order valence-electron chi connectivity index (χ3n) is 1.58. The molecular formula is C9H7F3O3. The Morgan fingerprint density at radius 2 is 1.93 bits per heavy atom. The Kier molecular flexibility index (Phi) is 3.18. The van der Waals surface area contributed by atoms with Gasteiger partial charge >= 0.3 is 12.1 Å². The molecular weight excluding hydrogens is 213 g/mol. The van der Waals surface area contributed by atoms with Crippen LogP contribution in [0.1, 0.15) is 5.56 Å². The largest absolute Gasteiger partial charge is 0.508 e. The highest BCUT2D eigenvalue weighted by Gasteiger charge is 2.40. The average Bonchev–Trinajstić information content (AvgIpc) is 2.14. The number of para-hydroxylation sites is 1. The lowest BCUT2D eigenvalue weighted by Crippen LogP contribution is -2.25. The highest BCUT2D eigenvalue weighted by molar-refractivity contribution is 5.75. The maximum absolute atomic E-state index is 11.7. The van der Waals surface area contributed by atoms with Crippen molar-refractivity contribution in [3.8, 4) is 5.75 Å². The molecule has 0 saturated heterocycles. The molecule has 0 unspecified atom stereocenters. The van der Waals surface area contributed by atoms with E-state index in [9.17, 15) is 18.0 Å². The number of hydrogen-bond acceptors (Lipinski definition) is 3. The van der Waals surface area contributed by atoms with Crippen LogP contribution in [0.15, 0.2) is 24.3 Å². The van der Waals surface area contributed by atoms with Crippen LogP contribution in [0.3, 0.4) is 0 Å². The first-order valence-corrected chi connectivity index (χ1v) is 3.92. The van der Waals surface area contributed by atoms with E-state index in [0.717, 1.165) is 0 Å². The molecule has 1 N–H and O–H groups in total. The van der Waals surface area contributed by atoms with Crippen LogP contribution in [0.2, 0.25) is 0 Å². The highest BCUT2D eigenvalue weighted by Crippen LogP contribution is 2.20. The number of halogens is 3. The minimum atomic E-state index is -5.01. The summed E-state index contributed by atoms with van der Waals surface area (Å²) in [6, 6.07) is 5.66. The van der Waals surface area contributed by atoms with Crippen LogP contribution >= 0.6 is 0 Å². The molecule has 0 aliphatic carbocycles. The zero-order valence-corrected chi connectivity index (χ0v) is 7.41. The van der Waals surface area contributed by atoms with Crippen molar-refractivity contribution in [2.75, 3.05) is 0 Å². The summed E-state index contributed by atoms with van der Waals surface area (Å²) in [6.07, 6.45) is -5.01. The Morgan fingerprint density at radius 3 is 2.47 bits per heavy atom. The van der Waals surface area contributed by atoms with Crippen LogP contribution in [0, 0.1) is 0 Å². The molecule has 1 aromatic carbocycles. The molecule has 0 atom stereocenters. The van der Waals surface area contributed by atoms with Crippen LogP contribution < -0.4 is 0 Å². The van der Waals surface area contributed by atoms with Gasteiger partial charge in [-0.25, -0.2) is 4.79 Å². The number of carbonyl (C=O) groups excluding carboxylic acids is 1. The maximum Gasteiger partial charge on any atom is 0.490 e. The normalized spacial score (nSPS) is 11.1. The lowest BCUT2D eigenvalue weighted by atomic mass is 10.2. The summed E-state index contributed by atoms with van der Waals surface area (Å²) in [5.74, 6) is -2.49. The second-order valence-corrected chi connectivity index (χ2v) is 2.70. The van der Waals surface area contributed by atoms with E-state index in [0.29, 0.717) is 0 Å². The van der Waals surface area contributed by atoms with Gasteiger partial charge in [0.05, 0.1) is 0 Å². The van der Waals surface area contributed by atoms with Gasteiger partial charge < -0.3 is 9.84 Å². The maximum atomic E-state index is 11.7. The fraction of sp³-hybridized carbons (Fsp3) is 0.222. The molecule has 1 rings (SSSR count). The molecule has 0 aromatic heterocycles. The molecule has 82 valence electrons. The summed E-state index contributed by atoms with van der Waals surface area (Å²) in [5, 5.41) is 9.15. The Balaban J connectivity index is 2.59. The van der Waals surface area contributed by atoms with Crippen molar-refractivity contribution in [3.05, 3.63) is 29.8 Å². The predicted molar refractivity (Wildman–Crippen MR) is 44.0 cm³/mol. The summed E-state index contributed by atoms with van der Waals surface area (Å²) >= 11 is 0. The first kappa shape index (κ1) is 11.4. The number of phenols is 1. The fourth-order valence-electron chi connectivity index (χ4n) is 0.858. The van der Waals surface area contributed by atoms with Crippen molar-refractivity contribution in [1.82, 2.24) is 0 Å². The smallest absolute Gasteiger partial charge is 0.490 e. The number of aromatic hydroxyl groups is 1. The van der Waals surface area contributed by atoms with Crippen molar-refractivity contribution >= 4 is 5.97 Å². The summed E-state index contributed by atoms with van der Waals surface area (Å²) in [6.45, 7) is -0.606. The van der Waals surface area contributed by atoms with E-state index in [-0.39, 0.29) is 11.3 Å². The molecule has 0 aliphatic heterocycles. The number of esters is 1. The summed E-state index contributed by atoms with van der Waals surface area (Å²) in [4.78, 5) is 10.3. The van der Waals surface area contributed by atoms with Gasteiger partial charge in [-0.05, 0) is 6.07 Å².